The lowest BCUT2D eigenvalue weighted by molar-refractivity contribution is -0.154. The Hall–Kier alpha value is -2.67. The Morgan fingerprint density at radius 3 is 2.46 bits per heavy atom. The third-order valence-electron chi connectivity index (χ3n) is 4.91. The molecule has 1 fully saturated rings. The van der Waals surface area contributed by atoms with E-state index in [1.54, 1.807) is 24.3 Å². The number of halogens is 1. The number of nitrogens with one attached hydrogen (secondary N) is 1. The highest BCUT2D eigenvalue weighted by Gasteiger charge is 2.47. The quantitative estimate of drug-likeness (QED) is 0.447. The molecule has 1 saturated heterocycles. The standard InChI is InChI=1S/C20H21ClN2O5/c1-12(18(25)22-14-6-4-5-13(21)11-14)28-17(24)9-10-23-19(26)15-7-2-3-8-16(15)20(23)27/h2-6,11-12,15-16H,7-10H2,1H3,(H,22,25)/t12-,15-,16-/m0/s1. The molecule has 1 heterocycles. The first-order valence-electron chi connectivity index (χ1n) is 9.13. The molecule has 0 bridgehead atoms. The molecule has 1 aliphatic heterocycles. The predicted molar refractivity (Wildman–Crippen MR) is 102 cm³/mol. The number of amides is 3. The summed E-state index contributed by atoms with van der Waals surface area (Å²) >= 11 is 5.86. The fourth-order valence-corrected chi connectivity index (χ4v) is 3.60. The van der Waals surface area contributed by atoms with E-state index in [9.17, 15) is 19.2 Å². The van der Waals surface area contributed by atoms with Gasteiger partial charge in [0.15, 0.2) is 6.10 Å². The maximum atomic E-state index is 12.4. The van der Waals surface area contributed by atoms with E-state index in [0.717, 1.165) is 4.90 Å². The lowest BCUT2D eigenvalue weighted by Gasteiger charge is -2.16. The summed E-state index contributed by atoms with van der Waals surface area (Å²) in [4.78, 5) is 50.1. The average Bonchev–Trinajstić information content (AvgIpc) is 2.91. The number of anilines is 1. The summed E-state index contributed by atoms with van der Waals surface area (Å²) in [5.41, 5.74) is 0.491. The van der Waals surface area contributed by atoms with Gasteiger partial charge in [-0.3, -0.25) is 24.1 Å². The van der Waals surface area contributed by atoms with Crippen molar-refractivity contribution in [1.29, 1.82) is 0 Å². The van der Waals surface area contributed by atoms with Gasteiger partial charge in [-0.25, -0.2) is 0 Å². The number of esters is 1. The maximum absolute atomic E-state index is 12.4. The number of allylic oxidation sites excluding steroid dienone is 2. The van der Waals surface area contributed by atoms with Crippen molar-refractivity contribution in [1.82, 2.24) is 4.90 Å². The monoisotopic (exact) mass is 404 g/mol. The van der Waals surface area contributed by atoms with E-state index in [1.807, 2.05) is 12.2 Å². The number of hydrogen-bond acceptors (Lipinski definition) is 5. The van der Waals surface area contributed by atoms with Crippen molar-refractivity contribution in [2.24, 2.45) is 11.8 Å². The molecule has 0 radical (unpaired) electrons. The molecule has 0 unspecified atom stereocenters. The second kappa shape index (κ2) is 8.56. The first kappa shape index (κ1) is 20.1. The van der Waals surface area contributed by atoms with E-state index in [2.05, 4.69) is 5.32 Å². The highest BCUT2D eigenvalue weighted by atomic mass is 35.5. The van der Waals surface area contributed by atoms with Gasteiger partial charge in [-0.1, -0.05) is 29.8 Å². The fraction of sp³-hybridized carbons (Fsp3) is 0.400. The number of hydrogen-bond donors (Lipinski definition) is 1. The molecule has 148 valence electrons. The van der Waals surface area contributed by atoms with Crippen LogP contribution in [0.15, 0.2) is 36.4 Å². The van der Waals surface area contributed by atoms with Crippen LogP contribution in [0.4, 0.5) is 5.69 Å². The normalized spacial score (nSPS) is 22.0. The second-order valence-electron chi connectivity index (χ2n) is 6.87. The highest BCUT2D eigenvalue weighted by Crippen LogP contribution is 2.35. The van der Waals surface area contributed by atoms with Gasteiger partial charge in [-0.15, -0.1) is 0 Å². The molecule has 0 saturated carbocycles. The maximum Gasteiger partial charge on any atom is 0.308 e. The summed E-state index contributed by atoms with van der Waals surface area (Å²) < 4.78 is 5.12. The Labute approximate surface area is 167 Å². The Morgan fingerprint density at radius 1 is 1.21 bits per heavy atom. The zero-order valence-electron chi connectivity index (χ0n) is 15.4. The fourth-order valence-electron chi connectivity index (χ4n) is 3.41. The Bertz CT molecular complexity index is 812. The Morgan fingerprint density at radius 2 is 1.86 bits per heavy atom. The van der Waals surface area contributed by atoms with Gasteiger partial charge < -0.3 is 10.1 Å². The van der Waals surface area contributed by atoms with Crippen molar-refractivity contribution in [3.05, 3.63) is 41.4 Å². The summed E-state index contributed by atoms with van der Waals surface area (Å²) in [6.07, 6.45) is 3.74. The van der Waals surface area contributed by atoms with E-state index in [1.165, 1.54) is 6.92 Å². The van der Waals surface area contributed by atoms with E-state index < -0.39 is 18.0 Å². The summed E-state index contributed by atoms with van der Waals surface area (Å²) in [6.45, 7) is 1.41. The minimum absolute atomic E-state index is 0.0356. The summed E-state index contributed by atoms with van der Waals surface area (Å²) in [5, 5.41) is 3.08. The van der Waals surface area contributed by atoms with Crippen LogP contribution >= 0.6 is 11.6 Å². The smallest absolute Gasteiger partial charge is 0.308 e. The van der Waals surface area contributed by atoms with Crippen molar-refractivity contribution < 1.29 is 23.9 Å². The molecule has 28 heavy (non-hydrogen) atoms. The van der Waals surface area contributed by atoms with Gasteiger partial charge in [0.25, 0.3) is 5.91 Å². The van der Waals surface area contributed by atoms with Gasteiger partial charge in [0.2, 0.25) is 11.8 Å². The molecule has 8 heteroatoms. The van der Waals surface area contributed by atoms with Crippen LogP contribution < -0.4 is 5.32 Å². The number of carbonyl (C=O) groups excluding carboxylic acids is 4. The summed E-state index contributed by atoms with van der Waals surface area (Å²) in [5.74, 6) is -2.27. The number of ether oxygens (including phenoxy) is 1. The molecular weight excluding hydrogens is 384 g/mol. The van der Waals surface area contributed by atoms with Crippen LogP contribution in [-0.2, 0) is 23.9 Å². The van der Waals surface area contributed by atoms with Crippen molar-refractivity contribution in [2.45, 2.75) is 32.3 Å². The van der Waals surface area contributed by atoms with Crippen LogP contribution in [0.25, 0.3) is 0 Å². The van der Waals surface area contributed by atoms with E-state index in [0.29, 0.717) is 23.6 Å². The van der Waals surface area contributed by atoms with Gasteiger partial charge in [-0.2, -0.15) is 0 Å². The lowest BCUT2D eigenvalue weighted by atomic mass is 9.85. The molecule has 1 aromatic carbocycles. The average molecular weight is 405 g/mol. The highest BCUT2D eigenvalue weighted by molar-refractivity contribution is 6.30. The predicted octanol–water partition coefficient (Wildman–Crippen LogP) is 2.55. The molecule has 0 aromatic heterocycles. The minimum Gasteiger partial charge on any atom is -0.452 e. The third kappa shape index (κ3) is 4.42. The number of imide groups is 1. The topological polar surface area (TPSA) is 92.8 Å². The van der Waals surface area contributed by atoms with Crippen LogP contribution in [0.3, 0.4) is 0 Å². The first-order chi connectivity index (χ1) is 13.4. The third-order valence-corrected chi connectivity index (χ3v) is 5.14. The Balaban J connectivity index is 1.48. The largest absolute Gasteiger partial charge is 0.452 e. The van der Waals surface area contributed by atoms with Crippen LogP contribution in [0.5, 0.6) is 0 Å². The molecule has 1 aromatic rings. The van der Waals surface area contributed by atoms with Gasteiger partial charge >= 0.3 is 5.97 Å². The molecule has 3 rings (SSSR count). The van der Waals surface area contributed by atoms with Crippen molar-refractivity contribution in [3.63, 3.8) is 0 Å². The first-order valence-corrected chi connectivity index (χ1v) is 9.50. The number of benzene rings is 1. The van der Waals surface area contributed by atoms with Crippen LogP contribution in [0, 0.1) is 11.8 Å². The molecule has 3 amide bonds. The van der Waals surface area contributed by atoms with E-state index in [-0.39, 0.29) is 36.6 Å². The molecule has 7 nitrogen and oxygen atoms in total. The molecule has 3 atom stereocenters. The zero-order valence-corrected chi connectivity index (χ0v) is 16.1. The van der Waals surface area contributed by atoms with Gasteiger partial charge in [0.1, 0.15) is 0 Å². The number of rotatable bonds is 6. The SMILES string of the molecule is C[C@H](OC(=O)CCN1C(=O)[C@H]2CC=CC[C@@H]2C1=O)C(=O)Nc1cccc(Cl)c1. The van der Waals surface area contributed by atoms with Gasteiger partial charge in [0, 0.05) is 17.3 Å². The van der Waals surface area contributed by atoms with Crippen LogP contribution in [0.2, 0.25) is 5.02 Å². The number of carbonyl (C=O) groups is 4. The van der Waals surface area contributed by atoms with Crippen LogP contribution in [0.1, 0.15) is 26.2 Å². The van der Waals surface area contributed by atoms with E-state index >= 15 is 0 Å². The van der Waals surface area contributed by atoms with Crippen molar-refractivity contribution in [2.75, 3.05) is 11.9 Å². The Kier molecular flexibility index (Phi) is 6.14. The molecule has 2 aliphatic rings. The summed E-state index contributed by atoms with van der Waals surface area (Å²) in [7, 11) is 0. The number of likely N-dealkylation sites (tertiary alicyclic amines) is 1. The second-order valence-corrected chi connectivity index (χ2v) is 7.30. The molecule has 0 spiro atoms. The van der Waals surface area contributed by atoms with Crippen LogP contribution in [-0.4, -0.2) is 41.2 Å². The lowest BCUT2D eigenvalue weighted by Crippen LogP contribution is -2.35. The molecule has 1 aliphatic carbocycles. The van der Waals surface area contributed by atoms with Gasteiger partial charge in [0.05, 0.1) is 18.3 Å². The van der Waals surface area contributed by atoms with Crippen molar-refractivity contribution >= 4 is 41.0 Å². The number of fused-ring (bicyclic) bond motifs is 1. The zero-order chi connectivity index (χ0) is 20.3. The van der Waals surface area contributed by atoms with E-state index in [4.69, 9.17) is 16.3 Å². The summed E-state index contributed by atoms with van der Waals surface area (Å²) in [6, 6.07) is 6.60. The minimum atomic E-state index is -1.02. The number of nitrogens with zero attached hydrogens (tertiary/aromatic N) is 1. The van der Waals surface area contributed by atoms with Crippen molar-refractivity contribution in [3.8, 4) is 0 Å². The molecular formula is C20H21ClN2O5. The molecule has 1 N–H and O–H groups in total. The van der Waals surface area contributed by atoms with Gasteiger partial charge in [-0.05, 0) is 38.0 Å².